The summed E-state index contributed by atoms with van der Waals surface area (Å²) in [6.07, 6.45) is 0.649. The Balaban J connectivity index is 2.13. The fraction of sp³-hybridized carbons (Fsp3) is 0.400. The third kappa shape index (κ3) is 3.03. The molecule has 1 heterocycles. The number of ether oxygens (including phenoxy) is 1. The fourth-order valence-corrected chi connectivity index (χ4v) is 5.04. The van der Waals surface area contributed by atoms with E-state index in [1.807, 2.05) is 20.8 Å². The van der Waals surface area contributed by atoms with Gasteiger partial charge in [0.15, 0.2) is 0 Å². The summed E-state index contributed by atoms with van der Waals surface area (Å²) in [5.41, 5.74) is 3.23. The van der Waals surface area contributed by atoms with Gasteiger partial charge in [-0.25, -0.2) is 0 Å². The molecular formula is C20H24O5S. The van der Waals surface area contributed by atoms with Crippen molar-refractivity contribution in [2.75, 3.05) is 0 Å². The lowest BCUT2D eigenvalue weighted by Gasteiger charge is -2.19. The smallest absolute Gasteiger partial charge is 0.339 e. The van der Waals surface area contributed by atoms with E-state index in [1.165, 1.54) is 18.2 Å². The summed E-state index contributed by atoms with van der Waals surface area (Å²) in [6.45, 7) is 11.1. The van der Waals surface area contributed by atoms with Gasteiger partial charge in [0.2, 0.25) is 0 Å². The maximum absolute atomic E-state index is 13.1. The highest BCUT2D eigenvalue weighted by Crippen LogP contribution is 2.44. The van der Waals surface area contributed by atoms with E-state index in [4.69, 9.17) is 8.92 Å². The first kappa shape index (κ1) is 18.6. The van der Waals surface area contributed by atoms with Gasteiger partial charge in [-0.15, -0.1) is 0 Å². The van der Waals surface area contributed by atoms with Crippen LogP contribution < -0.4 is 8.92 Å². The van der Waals surface area contributed by atoms with E-state index in [9.17, 15) is 13.5 Å². The lowest BCUT2D eigenvalue weighted by Crippen LogP contribution is -2.24. The minimum Gasteiger partial charge on any atom is -0.508 e. The summed E-state index contributed by atoms with van der Waals surface area (Å²) in [4.78, 5) is 0.197. The van der Waals surface area contributed by atoms with E-state index in [0.29, 0.717) is 23.1 Å². The predicted octanol–water partition coefficient (Wildman–Crippen LogP) is 4.11. The third-order valence-corrected chi connectivity index (χ3v) is 6.41. The molecule has 0 spiro atoms. The van der Waals surface area contributed by atoms with Crippen LogP contribution in [0.3, 0.4) is 0 Å². The van der Waals surface area contributed by atoms with Crippen molar-refractivity contribution in [3.05, 3.63) is 46.0 Å². The van der Waals surface area contributed by atoms with Crippen molar-refractivity contribution in [1.29, 1.82) is 0 Å². The minimum absolute atomic E-state index is 0.0624. The highest BCUT2D eigenvalue weighted by Gasteiger charge is 2.37. The van der Waals surface area contributed by atoms with Crippen molar-refractivity contribution >= 4 is 10.1 Å². The second-order valence-electron chi connectivity index (χ2n) is 7.54. The van der Waals surface area contributed by atoms with Crippen LogP contribution in [0.2, 0.25) is 0 Å². The van der Waals surface area contributed by atoms with Crippen LogP contribution in [-0.2, 0) is 16.5 Å². The second kappa shape index (κ2) is 5.91. The Bertz CT molecular complexity index is 1000. The van der Waals surface area contributed by atoms with Gasteiger partial charge in [-0.2, -0.15) is 8.42 Å². The Labute approximate surface area is 154 Å². The topological polar surface area (TPSA) is 72.8 Å². The average Bonchev–Trinajstić information content (AvgIpc) is 2.84. The van der Waals surface area contributed by atoms with Crippen LogP contribution in [0.25, 0.3) is 0 Å². The van der Waals surface area contributed by atoms with E-state index in [-0.39, 0.29) is 22.0 Å². The minimum atomic E-state index is -4.03. The molecule has 0 radical (unpaired) electrons. The van der Waals surface area contributed by atoms with Crippen LogP contribution in [0.15, 0.2) is 23.1 Å². The quantitative estimate of drug-likeness (QED) is 0.816. The number of rotatable bonds is 3. The van der Waals surface area contributed by atoms with Crippen molar-refractivity contribution < 1.29 is 22.4 Å². The number of benzene rings is 2. The molecule has 26 heavy (non-hydrogen) atoms. The monoisotopic (exact) mass is 376 g/mol. The molecule has 0 fully saturated rings. The molecule has 0 unspecified atom stereocenters. The number of aromatic hydroxyl groups is 1. The summed E-state index contributed by atoms with van der Waals surface area (Å²) < 4.78 is 37.6. The Morgan fingerprint density at radius 1 is 1.08 bits per heavy atom. The molecule has 6 heteroatoms. The standard InChI is InChI=1S/C20H24O5S/c1-11-9-15(21)7-8-17(11)25-26(22,23)19-13(3)12(2)18-16(14(19)4)10-20(5,6)24-18/h7-9,21H,10H2,1-6H3. The largest absolute Gasteiger partial charge is 0.508 e. The molecule has 2 aromatic rings. The summed E-state index contributed by atoms with van der Waals surface area (Å²) in [5, 5.41) is 9.51. The summed E-state index contributed by atoms with van der Waals surface area (Å²) in [5.74, 6) is 1.05. The molecule has 1 aliphatic rings. The maximum Gasteiger partial charge on any atom is 0.339 e. The zero-order chi connectivity index (χ0) is 19.4. The number of hydrogen-bond donors (Lipinski definition) is 1. The maximum atomic E-state index is 13.1. The molecule has 0 saturated heterocycles. The van der Waals surface area contributed by atoms with Crippen molar-refractivity contribution in [2.45, 2.75) is 58.5 Å². The van der Waals surface area contributed by atoms with Crippen LogP contribution in [0.1, 0.15) is 41.7 Å². The first-order chi connectivity index (χ1) is 11.9. The molecule has 0 atom stereocenters. The van der Waals surface area contributed by atoms with E-state index in [2.05, 4.69) is 0 Å². The Morgan fingerprint density at radius 2 is 1.73 bits per heavy atom. The molecule has 0 amide bonds. The van der Waals surface area contributed by atoms with Crippen LogP contribution >= 0.6 is 0 Å². The van der Waals surface area contributed by atoms with Gasteiger partial charge in [-0.3, -0.25) is 0 Å². The normalized spacial score (nSPS) is 15.5. The third-order valence-electron chi connectivity index (χ3n) is 4.90. The van der Waals surface area contributed by atoms with Crippen molar-refractivity contribution in [2.24, 2.45) is 0 Å². The predicted molar refractivity (Wildman–Crippen MR) is 99.7 cm³/mol. The van der Waals surface area contributed by atoms with E-state index in [1.54, 1.807) is 20.8 Å². The first-order valence-electron chi connectivity index (χ1n) is 8.49. The molecular weight excluding hydrogens is 352 g/mol. The summed E-state index contributed by atoms with van der Waals surface area (Å²) in [6, 6.07) is 4.33. The van der Waals surface area contributed by atoms with Crippen molar-refractivity contribution in [3.8, 4) is 17.2 Å². The highest BCUT2D eigenvalue weighted by atomic mass is 32.2. The lowest BCUT2D eigenvalue weighted by molar-refractivity contribution is 0.137. The number of phenols is 1. The first-order valence-corrected chi connectivity index (χ1v) is 9.89. The molecule has 0 aliphatic carbocycles. The molecule has 3 rings (SSSR count). The van der Waals surface area contributed by atoms with Crippen molar-refractivity contribution in [3.63, 3.8) is 0 Å². The Morgan fingerprint density at radius 3 is 2.35 bits per heavy atom. The zero-order valence-corrected chi connectivity index (χ0v) is 16.7. The number of aryl methyl sites for hydroxylation is 1. The molecule has 2 aromatic carbocycles. The van der Waals surface area contributed by atoms with Gasteiger partial charge >= 0.3 is 10.1 Å². The molecule has 1 N–H and O–H groups in total. The lowest BCUT2D eigenvalue weighted by atomic mass is 9.94. The Hall–Kier alpha value is -2.21. The molecule has 0 bridgehead atoms. The van der Waals surface area contributed by atoms with Crippen LogP contribution in [0.5, 0.6) is 17.2 Å². The van der Waals surface area contributed by atoms with Crippen LogP contribution in [0.4, 0.5) is 0 Å². The van der Waals surface area contributed by atoms with E-state index < -0.39 is 10.1 Å². The van der Waals surface area contributed by atoms with Crippen molar-refractivity contribution in [1.82, 2.24) is 0 Å². The molecule has 1 aliphatic heterocycles. The SMILES string of the molecule is Cc1cc(O)ccc1OS(=O)(=O)c1c(C)c(C)c2c(c1C)CC(C)(C)O2. The van der Waals surface area contributed by atoms with Gasteiger partial charge in [0.05, 0.1) is 0 Å². The van der Waals surface area contributed by atoms with Gasteiger partial charge in [-0.1, -0.05) is 0 Å². The molecule has 0 saturated carbocycles. The summed E-state index contributed by atoms with van der Waals surface area (Å²) >= 11 is 0. The molecule has 140 valence electrons. The molecule has 0 aromatic heterocycles. The number of fused-ring (bicyclic) bond motifs is 1. The fourth-order valence-electron chi connectivity index (χ4n) is 3.51. The highest BCUT2D eigenvalue weighted by molar-refractivity contribution is 7.87. The van der Waals surface area contributed by atoms with Gasteiger partial charge in [0, 0.05) is 12.0 Å². The summed E-state index contributed by atoms with van der Waals surface area (Å²) in [7, 11) is -4.03. The van der Waals surface area contributed by atoms with E-state index in [0.717, 1.165) is 16.9 Å². The number of hydrogen-bond acceptors (Lipinski definition) is 5. The Kier molecular flexibility index (Phi) is 4.22. The van der Waals surface area contributed by atoms with Gasteiger partial charge in [-0.05, 0) is 82.0 Å². The van der Waals surface area contributed by atoms with E-state index >= 15 is 0 Å². The number of phenolic OH excluding ortho intramolecular Hbond substituents is 1. The zero-order valence-electron chi connectivity index (χ0n) is 15.9. The van der Waals surface area contributed by atoms with Gasteiger partial charge in [0.1, 0.15) is 27.7 Å². The second-order valence-corrected chi connectivity index (χ2v) is 9.02. The molecule has 5 nitrogen and oxygen atoms in total. The average molecular weight is 376 g/mol. The van der Waals surface area contributed by atoms with Crippen LogP contribution in [0, 0.1) is 27.7 Å². The van der Waals surface area contributed by atoms with Gasteiger partial charge in [0.25, 0.3) is 0 Å². The van der Waals surface area contributed by atoms with Gasteiger partial charge < -0.3 is 14.0 Å². The van der Waals surface area contributed by atoms with Crippen LogP contribution in [-0.4, -0.2) is 19.1 Å².